The number of hydrogen-bond donors (Lipinski definition) is 2. The maximum Gasteiger partial charge on any atom is 0.00965 e. The monoisotopic (exact) mass is 228 g/mol. The van der Waals surface area contributed by atoms with Gasteiger partial charge in [0.05, 0.1) is 0 Å². The second-order valence-electron chi connectivity index (χ2n) is 5.93. The SMILES string of the molecule is CCCC(N)CCCCCCNC(C)(C)C. The van der Waals surface area contributed by atoms with E-state index in [0.717, 1.165) is 6.54 Å². The number of rotatable bonds is 9. The summed E-state index contributed by atoms with van der Waals surface area (Å²) >= 11 is 0. The van der Waals surface area contributed by atoms with E-state index in [4.69, 9.17) is 5.73 Å². The highest BCUT2D eigenvalue weighted by atomic mass is 14.9. The van der Waals surface area contributed by atoms with Crippen molar-refractivity contribution in [2.24, 2.45) is 5.73 Å². The molecule has 0 radical (unpaired) electrons. The number of nitrogens with two attached hydrogens (primary N) is 1. The van der Waals surface area contributed by atoms with Crippen LogP contribution in [0.1, 0.15) is 72.6 Å². The van der Waals surface area contributed by atoms with Crippen LogP contribution in [0.5, 0.6) is 0 Å². The van der Waals surface area contributed by atoms with E-state index in [-0.39, 0.29) is 5.54 Å². The fourth-order valence-electron chi connectivity index (χ4n) is 1.86. The highest BCUT2D eigenvalue weighted by Crippen LogP contribution is 2.08. The minimum absolute atomic E-state index is 0.267. The van der Waals surface area contributed by atoms with Crippen molar-refractivity contribution in [1.29, 1.82) is 0 Å². The van der Waals surface area contributed by atoms with E-state index in [2.05, 4.69) is 33.0 Å². The van der Waals surface area contributed by atoms with Crippen molar-refractivity contribution in [3.63, 3.8) is 0 Å². The molecule has 0 heterocycles. The Kier molecular flexibility index (Phi) is 8.96. The van der Waals surface area contributed by atoms with E-state index in [1.807, 2.05) is 0 Å². The van der Waals surface area contributed by atoms with E-state index in [0.29, 0.717) is 6.04 Å². The Bertz CT molecular complexity index is 149. The fourth-order valence-corrected chi connectivity index (χ4v) is 1.86. The molecule has 0 aromatic rings. The molecule has 0 rings (SSSR count). The molecule has 16 heavy (non-hydrogen) atoms. The minimum atomic E-state index is 0.267. The van der Waals surface area contributed by atoms with E-state index >= 15 is 0 Å². The van der Waals surface area contributed by atoms with Crippen molar-refractivity contribution in [3.05, 3.63) is 0 Å². The van der Waals surface area contributed by atoms with Crippen molar-refractivity contribution in [2.45, 2.75) is 84.2 Å². The third kappa shape index (κ3) is 12.0. The van der Waals surface area contributed by atoms with Gasteiger partial charge in [0.15, 0.2) is 0 Å². The molecule has 0 saturated carbocycles. The van der Waals surface area contributed by atoms with Crippen LogP contribution in [0.3, 0.4) is 0 Å². The summed E-state index contributed by atoms with van der Waals surface area (Å²) < 4.78 is 0. The van der Waals surface area contributed by atoms with Crippen LogP contribution in [0.4, 0.5) is 0 Å². The summed E-state index contributed by atoms with van der Waals surface area (Å²) in [6.07, 6.45) is 8.88. The maximum atomic E-state index is 5.97. The average molecular weight is 228 g/mol. The van der Waals surface area contributed by atoms with E-state index in [9.17, 15) is 0 Å². The molecule has 0 aliphatic carbocycles. The van der Waals surface area contributed by atoms with Gasteiger partial charge in [0.25, 0.3) is 0 Å². The van der Waals surface area contributed by atoms with E-state index in [1.165, 1.54) is 44.9 Å². The molecule has 1 unspecified atom stereocenters. The zero-order valence-corrected chi connectivity index (χ0v) is 11.8. The summed E-state index contributed by atoms with van der Waals surface area (Å²) in [6.45, 7) is 10.0. The lowest BCUT2D eigenvalue weighted by atomic mass is 10.0. The Hall–Kier alpha value is -0.0800. The summed E-state index contributed by atoms with van der Waals surface area (Å²) in [5.74, 6) is 0. The van der Waals surface area contributed by atoms with Crippen LogP contribution in [0.2, 0.25) is 0 Å². The van der Waals surface area contributed by atoms with Crippen molar-refractivity contribution in [1.82, 2.24) is 5.32 Å². The van der Waals surface area contributed by atoms with Gasteiger partial charge >= 0.3 is 0 Å². The Morgan fingerprint density at radius 3 is 2.19 bits per heavy atom. The Balaban J connectivity index is 3.16. The zero-order valence-electron chi connectivity index (χ0n) is 11.8. The molecule has 0 bridgehead atoms. The lowest BCUT2D eigenvalue weighted by Crippen LogP contribution is -2.36. The highest BCUT2D eigenvalue weighted by Gasteiger charge is 2.06. The predicted molar refractivity (Wildman–Crippen MR) is 73.7 cm³/mol. The molecule has 98 valence electrons. The summed E-state index contributed by atoms with van der Waals surface area (Å²) in [6, 6.07) is 0.442. The third-order valence-electron chi connectivity index (χ3n) is 2.82. The highest BCUT2D eigenvalue weighted by molar-refractivity contribution is 4.69. The molecule has 0 saturated heterocycles. The maximum absolute atomic E-state index is 5.97. The molecule has 0 amide bonds. The first kappa shape index (κ1) is 15.9. The fraction of sp³-hybridized carbons (Fsp3) is 1.00. The Labute approximate surface area is 102 Å². The van der Waals surface area contributed by atoms with Crippen molar-refractivity contribution < 1.29 is 0 Å². The summed E-state index contributed by atoms with van der Waals surface area (Å²) in [4.78, 5) is 0. The molecular weight excluding hydrogens is 196 g/mol. The van der Waals surface area contributed by atoms with E-state index in [1.54, 1.807) is 0 Å². The second-order valence-corrected chi connectivity index (χ2v) is 5.93. The molecule has 2 heteroatoms. The van der Waals surface area contributed by atoms with Gasteiger partial charge in [-0.3, -0.25) is 0 Å². The van der Waals surface area contributed by atoms with Gasteiger partial charge in [-0.15, -0.1) is 0 Å². The molecular formula is C14H32N2. The van der Waals surface area contributed by atoms with Gasteiger partial charge in [-0.2, -0.15) is 0 Å². The van der Waals surface area contributed by atoms with Gasteiger partial charge < -0.3 is 11.1 Å². The first-order chi connectivity index (χ1) is 7.45. The number of hydrogen-bond acceptors (Lipinski definition) is 2. The molecule has 0 aromatic carbocycles. The van der Waals surface area contributed by atoms with E-state index < -0.39 is 0 Å². The van der Waals surface area contributed by atoms with Crippen LogP contribution < -0.4 is 11.1 Å². The molecule has 0 aliphatic heterocycles. The first-order valence-electron chi connectivity index (χ1n) is 6.96. The molecule has 3 N–H and O–H groups in total. The number of unbranched alkanes of at least 4 members (excludes halogenated alkanes) is 3. The lowest BCUT2D eigenvalue weighted by molar-refractivity contribution is 0.414. The van der Waals surface area contributed by atoms with Gasteiger partial charge in [-0.25, -0.2) is 0 Å². The molecule has 0 fully saturated rings. The van der Waals surface area contributed by atoms with Gasteiger partial charge in [-0.05, 0) is 46.6 Å². The Morgan fingerprint density at radius 1 is 1.00 bits per heavy atom. The molecule has 1 atom stereocenters. The van der Waals surface area contributed by atoms with Crippen molar-refractivity contribution in [3.8, 4) is 0 Å². The van der Waals surface area contributed by atoms with Crippen LogP contribution in [0, 0.1) is 0 Å². The average Bonchev–Trinajstić information content (AvgIpc) is 2.15. The van der Waals surface area contributed by atoms with Crippen molar-refractivity contribution in [2.75, 3.05) is 6.54 Å². The van der Waals surface area contributed by atoms with Crippen LogP contribution in [-0.2, 0) is 0 Å². The van der Waals surface area contributed by atoms with Gasteiger partial charge in [0.1, 0.15) is 0 Å². The largest absolute Gasteiger partial charge is 0.328 e. The minimum Gasteiger partial charge on any atom is -0.328 e. The molecule has 0 aliphatic rings. The van der Waals surface area contributed by atoms with Crippen LogP contribution in [-0.4, -0.2) is 18.1 Å². The van der Waals surface area contributed by atoms with Crippen LogP contribution >= 0.6 is 0 Å². The zero-order chi connectivity index (χ0) is 12.4. The normalized spacial score (nSPS) is 14.1. The third-order valence-corrected chi connectivity index (χ3v) is 2.82. The molecule has 0 aromatic heterocycles. The summed E-state index contributed by atoms with van der Waals surface area (Å²) in [5, 5.41) is 3.52. The predicted octanol–water partition coefficient (Wildman–Crippen LogP) is 3.45. The first-order valence-corrected chi connectivity index (χ1v) is 6.96. The standard InChI is InChI=1S/C14H32N2/c1-5-10-13(15)11-8-6-7-9-12-16-14(2,3)4/h13,16H,5-12,15H2,1-4H3. The van der Waals surface area contributed by atoms with Gasteiger partial charge in [0.2, 0.25) is 0 Å². The summed E-state index contributed by atoms with van der Waals surface area (Å²) in [5.41, 5.74) is 6.24. The molecule has 2 nitrogen and oxygen atoms in total. The van der Waals surface area contributed by atoms with Gasteiger partial charge in [0, 0.05) is 11.6 Å². The van der Waals surface area contributed by atoms with Crippen LogP contribution in [0.25, 0.3) is 0 Å². The molecule has 0 spiro atoms. The summed E-state index contributed by atoms with van der Waals surface area (Å²) in [7, 11) is 0. The Morgan fingerprint density at radius 2 is 1.62 bits per heavy atom. The van der Waals surface area contributed by atoms with Crippen LogP contribution in [0.15, 0.2) is 0 Å². The second kappa shape index (κ2) is 9.00. The topological polar surface area (TPSA) is 38.0 Å². The number of nitrogens with one attached hydrogen (secondary N) is 1. The van der Waals surface area contributed by atoms with Crippen molar-refractivity contribution >= 4 is 0 Å². The van der Waals surface area contributed by atoms with Gasteiger partial charge in [-0.1, -0.05) is 32.6 Å². The lowest BCUT2D eigenvalue weighted by Gasteiger charge is -2.20. The quantitative estimate of drug-likeness (QED) is 0.593. The smallest absolute Gasteiger partial charge is 0.00965 e.